The third-order valence-corrected chi connectivity index (χ3v) is 5.58. The first kappa shape index (κ1) is 22.6. The first-order chi connectivity index (χ1) is 14.0. The summed E-state index contributed by atoms with van der Waals surface area (Å²) in [7, 11) is 1.26. The Bertz CT molecular complexity index is 1000. The van der Waals surface area contributed by atoms with E-state index in [4.69, 9.17) is 27.9 Å². The minimum Gasteiger partial charge on any atom is -0.465 e. The monoisotopic (exact) mass is 450 g/mol. The molecule has 0 radical (unpaired) electrons. The number of nitrogens with zero attached hydrogens (tertiary/aromatic N) is 1. The maximum absolute atomic E-state index is 13.5. The normalized spacial score (nSPS) is 18.5. The van der Waals surface area contributed by atoms with Gasteiger partial charge in [0.05, 0.1) is 23.4 Å². The van der Waals surface area contributed by atoms with E-state index in [0.29, 0.717) is 12.2 Å². The lowest BCUT2D eigenvalue weighted by molar-refractivity contribution is -0.132. The number of ether oxygens (including phenoxy) is 1. The van der Waals surface area contributed by atoms with Gasteiger partial charge in [0.2, 0.25) is 0 Å². The fourth-order valence-corrected chi connectivity index (χ4v) is 4.20. The van der Waals surface area contributed by atoms with Crippen molar-refractivity contribution in [3.8, 4) is 0 Å². The first-order valence-corrected chi connectivity index (χ1v) is 10.2. The Hall–Kier alpha value is -2.12. The number of methoxy groups -OCH3 is 1. The summed E-state index contributed by atoms with van der Waals surface area (Å²) in [5, 5.41) is 15.3. The van der Waals surface area contributed by atoms with Gasteiger partial charge in [-0.15, -0.1) is 0 Å². The van der Waals surface area contributed by atoms with Crippen molar-refractivity contribution in [2.75, 3.05) is 25.1 Å². The molecule has 30 heavy (non-hydrogen) atoms. The topological polar surface area (TPSA) is 78.9 Å². The summed E-state index contributed by atoms with van der Waals surface area (Å²) in [6.45, 7) is 6.77. The Morgan fingerprint density at radius 3 is 2.47 bits per heavy atom. The minimum absolute atomic E-state index is 0.0787. The van der Waals surface area contributed by atoms with Crippen LogP contribution in [0.2, 0.25) is 10.0 Å². The molecule has 160 valence electrons. The highest BCUT2D eigenvalue weighted by molar-refractivity contribution is 6.35. The summed E-state index contributed by atoms with van der Waals surface area (Å²) in [6, 6.07) is 9.48. The molecule has 0 fully saturated rings. The smallest absolute Gasteiger partial charge is 0.337 e. The van der Waals surface area contributed by atoms with Crippen LogP contribution in [0.25, 0.3) is 0 Å². The number of nitrogens with one attached hydrogen (secondary N) is 1. The van der Waals surface area contributed by atoms with E-state index in [1.54, 1.807) is 24.3 Å². The van der Waals surface area contributed by atoms with E-state index in [-0.39, 0.29) is 38.8 Å². The molecule has 2 N–H and O–H groups in total. The molecule has 1 atom stereocenters. The molecule has 6 nitrogen and oxygen atoms in total. The van der Waals surface area contributed by atoms with Gasteiger partial charge in [-0.2, -0.15) is 0 Å². The number of halogens is 2. The average molecular weight is 451 g/mol. The summed E-state index contributed by atoms with van der Waals surface area (Å²) < 4.78 is 4.80. The Kier molecular flexibility index (Phi) is 6.16. The van der Waals surface area contributed by atoms with Crippen LogP contribution in [0.4, 0.5) is 5.69 Å². The molecular formula is C22H24Cl2N2O4. The summed E-state index contributed by atoms with van der Waals surface area (Å²) in [5.41, 5.74) is -1.25. The van der Waals surface area contributed by atoms with Crippen LogP contribution >= 0.6 is 23.2 Å². The number of amides is 1. The van der Waals surface area contributed by atoms with Crippen molar-refractivity contribution in [1.29, 1.82) is 0 Å². The summed E-state index contributed by atoms with van der Waals surface area (Å²) in [5.74, 6) is -1.17. The number of anilines is 1. The Morgan fingerprint density at radius 2 is 1.87 bits per heavy atom. The average Bonchev–Trinajstić information content (AvgIpc) is 2.89. The zero-order valence-electron chi connectivity index (χ0n) is 17.3. The number of aliphatic hydroxyl groups is 1. The number of carbonyl (C=O) groups excluding carboxylic acids is 2. The van der Waals surface area contributed by atoms with Gasteiger partial charge < -0.3 is 20.1 Å². The fourth-order valence-electron chi connectivity index (χ4n) is 3.58. The number of hydrogen-bond donors (Lipinski definition) is 2. The fraction of sp³-hybridized carbons (Fsp3) is 0.364. The highest BCUT2D eigenvalue weighted by Crippen LogP contribution is 2.49. The highest BCUT2D eigenvalue weighted by Gasteiger charge is 2.53. The molecular weight excluding hydrogens is 427 g/mol. The number of benzene rings is 2. The highest BCUT2D eigenvalue weighted by atomic mass is 35.5. The zero-order chi connectivity index (χ0) is 22.3. The summed E-state index contributed by atoms with van der Waals surface area (Å²) in [4.78, 5) is 27.0. The van der Waals surface area contributed by atoms with E-state index < -0.39 is 17.5 Å². The second-order valence-electron chi connectivity index (χ2n) is 8.17. The lowest BCUT2D eigenvalue weighted by Gasteiger charge is -2.26. The van der Waals surface area contributed by atoms with Gasteiger partial charge in [-0.25, -0.2) is 4.79 Å². The second-order valence-corrected chi connectivity index (χ2v) is 8.98. The third-order valence-electron chi connectivity index (χ3n) is 4.95. The molecule has 2 aromatic rings. The molecule has 0 saturated carbocycles. The zero-order valence-corrected chi connectivity index (χ0v) is 18.8. The van der Waals surface area contributed by atoms with Gasteiger partial charge in [0.15, 0.2) is 5.60 Å². The lowest BCUT2D eigenvalue weighted by atomic mass is 9.87. The van der Waals surface area contributed by atoms with Gasteiger partial charge in [0, 0.05) is 34.8 Å². The van der Waals surface area contributed by atoms with Crippen LogP contribution in [0, 0.1) is 0 Å². The molecule has 3 rings (SSSR count). The predicted octanol–water partition coefficient (Wildman–Crippen LogP) is 3.75. The maximum atomic E-state index is 13.5. The molecule has 2 aromatic carbocycles. The molecule has 1 aliphatic heterocycles. The number of fused-ring (bicyclic) bond motifs is 1. The van der Waals surface area contributed by atoms with E-state index in [0.717, 1.165) is 0 Å². The van der Waals surface area contributed by atoms with E-state index in [2.05, 4.69) is 5.32 Å². The molecule has 0 bridgehead atoms. The molecule has 8 heteroatoms. The number of hydrogen-bond acceptors (Lipinski definition) is 5. The predicted molar refractivity (Wildman–Crippen MR) is 117 cm³/mol. The van der Waals surface area contributed by atoms with Gasteiger partial charge in [0.25, 0.3) is 5.91 Å². The number of carbonyl (C=O) groups is 2. The molecule has 1 aliphatic rings. The summed E-state index contributed by atoms with van der Waals surface area (Å²) >= 11 is 12.8. The Balaban J connectivity index is 2.16. The standard InChI is InChI=1S/C22H24Cl2N2O4/c1-21(2,3)25-9-10-26-17-12-13(19(27)30-4)11-16(24)18(17)22(29,20(26)28)14-7-5-6-8-15(14)23/h5-8,11-12,25,29H,9-10H2,1-4H3. The Labute approximate surface area is 185 Å². The molecule has 0 aromatic heterocycles. The van der Waals surface area contributed by atoms with Gasteiger partial charge in [-0.05, 0) is 39.0 Å². The van der Waals surface area contributed by atoms with Crippen LogP contribution in [0.1, 0.15) is 42.3 Å². The van der Waals surface area contributed by atoms with Crippen LogP contribution in [0.15, 0.2) is 36.4 Å². The van der Waals surface area contributed by atoms with E-state index in [9.17, 15) is 14.7 Å². The van der Waals surface area contributed by atoms with E-state index >= 15 is 0 Å². The number of rotatable bonds is 5. The SMILES string of the molecule is COC(=O)c1cc(Cl)c2c(c1)N(CCNC(C)(C)C)C(=O)C2(O)c1ccccc1Cl. The molecule has 1 amide bonds. The van der Waals surface area contributed by atoms with Crippen molar-refractivity contribution in [1.82, 2.24) is 5.32 Å². The van der Waals surface area contributed by atoms with Crippen molar-refractivity contribution >= 4 is 40.8 Å². The van der Waals surface area contributed by atoms with Crippen molar-refractivity contribution < 1.29 is 19.4 Å². The van der Waals surface area contributed by atoms with Crippen LogP contribution in [-0.2, 0) is 15.1 Å². The molecule has 0 saturated heterocycles. The Morgan fingerprint density at radius 1 is 1.20 bits per heavy atom. The van der Waals surface area contributed by atoms with Crippen LogP contribution < -0.4 is 10.2 Å². The summed E-state index contributed by atoms with van der Waals surface area (Å²) in [6.07, 6.45) is 0. The maximum Gasteiger partial charge on any atom is 0.337 e. The minimum atomic E-state index is -2.07. The largest absolute Gasteiger partial charge is 0.465 e. The lowest BCUT2D eigenvalue weighted by Crippen LogP contribution is -2.46. The number of esters is 1. The van der Waals surface area contributed by atoms with Gasteiger partial charge in [-0.1, -0.05) is 41.4 Å². The van der Waals surface area contributed by atoms with Gasteiger partial charge in [0.1, 0.15) is 0 Å². The quantitative estimate of drug-likeness (QED) is 0.678. The second kappa shape index (κ2) is 8.19. The van der Waals surface area contributed by atoms with Crippen molar-refractivity contribution in [3.63, 3.8) is 0 Å². The van der Waals surface area contributed by atoms with Crippen LogP contribution in [0.3, 0.4) is 0 Å². The molecule has 0 aliphatic carbocycles. The molecule has 1 heterocycles. The van der Waals surface area contributed by atoms with Crippen molar-refractivity contribution in [2.24, 2.45) is 0 Å². The van der Waals surface area contributed by atoms with E-state index in [1.165, 1.54) is 24.1 Å². The molecule has 1 unspecified atom stereocenters. The third kappa shape index (κ3) is 3.93. The molecule has 0 spiro atoms. The van der Waals surface area contributed by atoms with Gasteiger partial charge in [-0.3, -0.25) is 4.79 Å². The van der Waals surface area contributed by atoms with Gasteiger partial charge >= 0.3 is 5.97 Å². The van der Waals surface area contributed by atoms with Crippen molar-refractivity contribution in [2.45, 2.75) is 31.9 Å². The van der Waals surface area contributed by atoms with Crippen molar-refractivity contribution in [3.05, 3.63) is 63.1 Å². The van der Waals surface area contributed by atoms with Crippen LogP contribution in [0.5, 0.6) is 0 Å². The first-order valence-electron chi connectivity index (χ1n) is 9.47. The van der Waals surface area contributed by atoms with Crippen LogP contribution in [-0.4, -0.2) is 42.7 Å². The van der Waals surface area contributed by atoms with E-state index in [1.807, 2.05) is 20.8 Å².